The van der Waals surface area contributed by atoms with Crippen molar-refractivity contribution in [3.63, 3.8) is 0 Å². The van der Waals surface area contributed by atoms with E-state index in [-0.39, 0.29) is 43.2 Å². The molecule has 1 aromatic rings. The van der Waals surface area contributed by atoms with Gasteiger partial charge in [0, 0.05) is 32.6 Å². The first-order chi connectivity index (χ1) is 9.90. The number of aliphatic carboxylic acids is 1. The molecule has 1 fully saturated rings. The maximum absolute atomic E-state index is 11.5. The molecule has 1 aliphatic heterocycles. The molecule has 1 saturated heterocycles. The number of tetrazole rings is 1. The monoisotopic (exact) mass is 295 g/mol. The highest BCUT2D eigenvalue weighted by atomic mass is 16.4. The number of aryl methyl sites for hydroxylation is 1. The van der Waals surface area contributed by atoms with Gasteiger partial charge in [0.2, 0.25) is 11.8 Å². The summed E-state index contributed by atoms with van der Waals surface area (Å²) in [6.07, 6.45) is 1.25. The predicted molar refractivity (Wildman–Crippen MR) is 67.7 cm³/mol. The molecule has 0 unspecified atom stereocenters. The summed E-state index contributed by atoms with van der Waals surface area (Å²) in [5, 5.41) is 16.0. The molecule has 0 atom stereocenters. The van der Waals surface area contributed by atoms with Crippen LogP contribution in [0.5, 0.6) is 0 Å². The van der Waals surface area contributed by atoms with Crippen LogP contribution in [-0.2, 0) is 21.4 Å². The summed E-state index contributed by atoms with van der Waals surface area (Å²) in [6, 6.07) is 0. The van der Waals surface area contributed by atoms with Gasteiger partial charge < -0.3 is 5.11 Å². The van der Waals surface area contributed by atoms with Crippen LogP contribution in [-0.4, -0.2) is 54.1 Å². The molecule has 2 rings (SSSR count). The first kappa shape index (κ1) is 14.6. The molecule has 2 amide bonds. The van der Waals surface area contributed by atoms with Gasteiger partial charge in [-0.3, -0.25) is 14.5 Å². The highest BCUT2D eigenvalue weighted by Crippen LogP contribution is 2.14. The van der Waals surface area contributed by atoms with Crippen molar-refractivity contribution in [2.24, 2.45) is 7.05 Å². The van der Waals surface area contributed by atoms with Crippen LogP contribution in [0.25, 0.3) is 6.20 Å². The van der Waals surface area contributed by atoms with Crippen molar-refractivity contribution in [3.8, 4) is 0 Å². The predicted octanol–water partition coefficient (Wildman–Crippen LogP) is -1.56. The Morgan fingerprint density at radius 1 is 1.24 bits per heavy atom. The lowest BCUT2D eigenvalue weighted by molar-refractivity contribution is -0.139. The maximum Gasteiger partial charge on any atom is 0.367 e. The van der Waals surface area contributed by atoms with Gasteiger partial charge in [-0.25, -0.2) is 9.59 Å². The number of nitrogens with zero attached hydrogens (tertiary/aromatic N) is 5. The highest BCUT2D eigenvalue weighted by Gasteiger charge is 2.28. The van der Waals surface area contributed by atoms with E-state index >= 15 is 0 Å². The number of rotatable bonds is 5. The van der Waals surface area contributed by atoms with Crippen LogP contribution >= 0.6 is 0 Å². The summed E-state index contributed by atoms with van der Waals surface area (Å²) >= 11 is 0. The Labute approximate surface area is 118 Å². The van der Waals surface area contributed by atoms with Gasteiger partial charge >= 0.3 is 11.7 Å². The minimum absolute atomic E-state index is 0.0369. The fraction of sp³-hybridized carbons (Fsp3) is 0.455. The SMILES string of the molecule is Cn1nnn(/C=C(\CCN2C(=O)CCC2=O)C(=O)O)c1=O. The van der Waals surface area contributed by atoms with Crippen molar-refractivity contribution >= 4 is 24.0 Å². The molecular formula is C11H13N5O5. The highest BCUT2D eigenvalue weighted by molar-refractivity contribution is 6.02. The molecule has 1 aliphatic rings. The molecule has 10 nitrogen and oxygen atoms in total. The number of carboxylic acids is 1. The van der Waals surface area contributed by atoms with E-state index < -0.39 is 11.7 Å². The number of carbonyl (C=O) groups excluding carboxylic acids is 2. The third kappa shape index (κ3) is 3.04. The molecule has 2 heterocycles. The first-order valence-electron chi connectivity index (χ1n) is 6.16. The Balaban J connectivity index is 2.15. The number of amides is 2. The van der Waals surface area contributed by atoms with Gasteiger partial charge in [-0.05, 0) is 16.8 Å². The minimum atomic E-state index is -1.26. The van der Waals surface area contributed by atoms with Gasteiger partial charge in [0.25, 0.3) is 0 Å². The van der Waals surface area contributed by atoms with Crippen molar-refractivity contribution < 1.29 is 19.5 Å². The lowest BCUT2D eigenvalue weighted by atomic mass is 10.2. The van der Waals surface area contributed by atoms with Crippen LogP contribution in [0.2, 0.25) is 0 Å². The van der Waals surface area contributed by atoms with Crippen molar-refractivity contribution in [1.82, 2.24) is 24.7 Å². The van der Waals surface area contributed by atoms with Crippen molar-refractivity contribution in [2.75, 3.05) is 6.54 Å². The Bertz CT molecular complexity index is 669. The third-order valence-corrected chi connectivity index (χ3v) is 3.06. The van der Waals surface area contributed by atoms with E-state index in [0.717, 1.165) is 20.5 Å². The molecule has 0 spiro atoms. The summed E-state index contributed by atoms with van der Waals surface area (Å²) in [5.41, 5.74) is -0.743. The molecule has 0 bridgehead atoms. The van der Waals surface area contributed by atoms with Crippen LogP contribution in [0, 0.1) is 0 Å². The maximum atomic E-state index is 11.5. The van der Waals surface area contributed by atoms with E-state index in [2.05, 4.69) is 10.4 Å². The number of imide groups is 1. The minimum Gasteiger partial charge on any atom is -0.478 e. The topological polar surface area (TPSA) is 127 Å². The van der Waals surface area contributed by atoms with Crippen LogP contribution in [0.1, 0.15) is 19.3 Å². The normalized spacial score (nSPS) is 15.9. The van der Waals surface area contributed by atoms with Crippen LogP contribution in [0.15, 0.2) is 10.4 Å². The molecule has 0 aromatic carbocycles. The first-order valence-corrected chi connectivity index (χ1v) is 6.16. The van der Waals surface area contributed by atoms with Gasteiger partial charge in [-0.1, -0.05) is 0 Å². The number of hydrogen-bond acceptors (Lipinski definition) is 6. The fourth-order valence-electron chi connectivity index (χ4n) is 1.89. The molecule has 0 aliphatic carbocycles. The van der Waals surface area contributed by atoms with Gasteiger partial charge in [0.1, 0.15) is 0 Å². The zero-order chi connectivity index (χ0) is 15.6. The molecule has 10 heteroatoms. The molecule has 0 radical (unpaired) electrons. The largest absolute Gasteiger partial charge is 0.478 e. The number of carboxylic acid groups (broad SMARTS) is 1. The van der Waals surface area contributed by atoms with E-state index in [1.165, 1.54) is 7.05 Å². The Kier molecular flexibility index (Phi) is 3.96. The van der Waals surface area contributed by atoms with Gasteiger partial charge in [0.15, 0.2) is 0 Å². The average Bonchev–Trinajstić information content (AvgIpc) is 2.91. The number of hydrogen-bond donors (Lipinski definition) is 1. The van der Waals surface area contributed by atoms with Gasteiger partial charge in [-0.2, -0.15) is 9.36 Å². The van der Waals surface area contributed by atoms with Crippen molar-refractivity contribution in [1.29, 1.82) is 0 Å². The van der Waals surface area contributed by atoms with E-state index in [0.29, 0.717) is 0 Å². The van der Waals surface area contributed by atoms with Crippen LogP contribution < -0.4 is 5.69 Å². The summed E-state index contributed by atoms with van der Waals surface area (Å²) < 4.78 is 1.74. The molecule has 1 aromatic heterocycles. The van der Waals surface area contributed by atoms with E-state index in [9.17, 15) is 19.2 Å². The third-order valence-electron chi connectivity index (χ3n) is 3.06. The van der Waals surface area contributed by atoms with Crippen LogP contribution in [0.4, 0.5) is 0 Å². The zero-order valence-corrected chi connectivity index (χ0v) is 11.2. The van der Waals surface area contributed by atoms with E-state index in [4.69, 9.17) is 5.11 Å². The lowest BCUT2D eigenvalue weighted by Gasteiger charge is -2.13. The number of aromatic nitrogens is 4. The van der Waals surface area contributed by atoms with E-state index in [1.807, 2.05) is 0 Å². The standard InChI is InChI=1S/C11H13N5O5/c1-14-11(21)16(13-12-14)6-7(10(19)20)4-5-15-8(17)2-3-9(15)18/h6H,2-5H2,1H3,(H,19,20)/b7-6+. The fourth-order valence-corrected chi connectivity index (χ4v) is 1.89. The summed E-state index contributed by atoms with van der Waals surface area (Å²) in [5.74, 6) is -1.89. The average molecular weight is 295 g/mol. The van der Waals surface area contributed by atoms with E-state index in [1.54, 1.807) is 0 Å². The Morgan fingerprint density at radius 3 is 2.33 bits per heavy atom. The Hall–Kier alpha value is -2.78. The Morgan fingerprint density at radius 2 is 1.86 bits per heavy atom. The summed E-state index contributed by atoms with van der Waals surface area (Å²) in [7, 11) is 1.38. The number of carbonyl (C=O) groups is 3. The molecule has 1 N–H and O–H groups in total. The smallest absolute Gasteiger partial charge is 0.367 e. The quantitative estimate of drug-likeness (QED) is 0.514. The second-order valence-corrected chi connectivity index (χ2v) is 4.48. The zero-order valence-electron chi connectivity index (χ0n) is 11.2. The number of likely N-dealkylation sites (tertiary alicyclic amines) is 1. The molecule has 112 valence electrons. The summed E-state index contributed by atoms with van der Waals surface area (Å²) in [4.78, 5) is 46.6. The van der Waals surface area contributed by atoms with Gasteiger partial charge in [0.05, 0.1) is 5.57 Å². The molecular weight excluding hydrogens is 282 g/mol. The second-order valence-electron chi connectivity index (χ2n) is 4.48. The van der Waals surface area contributed by atoms with Crippen molar-refractivity contribution in [2.45, 2.75) is 19.3 Å². The summed E-state index contributed by atoms with van der Waals surface area (Å²) in [6.45, 7) is -0.0369. The van der Waals surface area contributed by atoms with Gasteiger partial charge in [-0.15, -0.1) is 0 Å². The lowest BCUT2D eigenvalue weighted by Crippen LogP contribution is -2.31. The second kappa shape index (κ2) is 5.69. The molecule has 0 saturated carbocycles. The molecule has 21 heavy (non-hydrogen) atoms. The van der Waals surface area contributed by atoms with Crippen LogP contribution in [0.3, 0.4) is 0 Å². The van der Waals surface area contributed by atoms with Crippen molar-refractivity contribution in [3.05, 3.63) is 16.1 Å².